The average Bonchev–Trinajstić information content (AvgIpc) is 3.44. The number of rotatable bonds is 8. The molecule has 5 rings (SSSR count). The molecule has 0 amide bonds. The van der Waals surface area contributed by atoms with Crippen LogP contribution >= 0.6 is 0 Å². The van der Waals surface area contributed by atoms with Gasteiger partial charge >= 0.3 is 5.97 Å². The van der Waals surface area contributed by atoms with Crippen molar-refractivity contribution in [2.75, 3.05) is 5.32 Å². The van der Waals surface area contributed by atoms with E-state index in [-0.39, 0.29) is 5.76 Å². The van der Waals surface area contributed by atoms with Crippen LogP contribution in [0.4, 0.5) is 5.69 Å². The molecule has 0 aliphatic carbocycles. The van der Waals surface area contributed by atoms with Gasteiger partial charge in [0.25, 0.3) is 0 Å². The number of carbonyl (C=O) groups is 1. The molecule has 36 heavy (non-hydrogen) atoms. The summed E-state index contributed by atoms with van der Waals surface area (Å²) in [6, 6.07) is 29.3. The van der Waals surface area contributed by atoms with Gasteiger partial charge in [-0.3, -0.25) is 0 Å². The third-order valence-electron chi connectivity index (χ3n) is 6.22. The topological polar surface area (TPSA) is 69.9 Å². The number of benzene rings is 3. The number of hydrogen-bond donors (Lipinski definition) is 1. The molecule has 2 unspecified atom stereocenters. The molecule has 0 bridgehead atoms. The average molecular weight is 484 g/mol. The largest absolute Gasteiger partial charge is 0.483 e. The maximum Gasteiger partial charge on any atom is 0.374 e. The summed E-state index contributed by atoms with van der Waals surface area (Å²) in [4.78, 5) is 12.9. The summed E-state index contributed by atoms with van der Waals surface area (Å²) in [6.07, 6.45) is 0.180. The lowest BCUT2D eigenvalue weighted by Gasteiger charge is -2.43. The third-order valence-corrected chi connectivity index (χ3v) is 6.22. The Morgan fingerprint density at radius 3 is 2.33 bits per heavy atom. The van der Waals surface area contributed by atoms with Gasteiger partial charge in [-0.1, -0.05) is 60.7 Å². The third kappa shape index (κ3) is 5.29. The number of carbonyl (C=O) groups excluding carboxylic acids is 1. The van der Waals surface area contributed by atoms with Crippen molar-refractivity contribution in [3.8, 4) is 5.75 Å². The fraction of sp³-hybridized carbons (Fsp3) is 0.233. The number of esters is 1. The molecule has 0 saturated heterocycles. The first-order valence-electron chi connectivity index (χ1n) is 12.0. The van der Waals surface area contributed by atoms with Crippen molar-refractivity contribution < 1.29 is 23.4 Å². The van der Waals surface area contributed by atoms with Crippen LogP contribution < -0.4 is 10.1 Å². The Morgan fingerprint density at radius 1 is 0.917 bits per heavy atom. The lowest BCUT2D eigenvalue weighted by atomic mass is 9.87. The van der Waals surface area contributed by atoms with E-state index in [0.29, 0.717) is 18.9 Å². The molecule has 1 aromatic heterocycles. The van der Waals surface area contributed by atoms with Gasteiger partial charge in [-0.05, 0) is 55.3 Å². The molecular weight excluding hydrogens is 454 g/mol. The van der Waals surface area contributed by atoms with Crippen LogP contribution in [0.25, 0.3) is 0 Å². The van der Waals surface area contributed by atoms with Crippen LogP contribution in [0.15, 0.2) is 102 Å². The smallest absolute Gasteiger partial charge is 0.374 e. The molecule has 6 heteroatoms. The molecule has 1 aliphatic heterocycles. The molecule has 184 valence electrons. The van der Waals surface area contributed by atoms with E-state index >= 15 is 0 Å². The van der Waals surface area contributed by atoms with E-state index in [1.807, 2.05) is 80.6 Å². The van der Waals surface area contributed by atoms with E-state index in [4.69, 9.17) is 18.6 Å². The first-order chi connectivity index (χ1) is 17.5. The molecule has 2 heterocycles. The number of anilines is 1. The molecule has 4 aromatic rings. The van der Waals surface area contributed by atoms with Crippen LogP contribution in [0, 0.1) is 0 Å². The molecule has 1 aliphatic rings. The molecular formula is C30H29NO5. The highest BCUT2D eigenvalue weighted by atomic mass is 16.6. The van der Waals surface area contributed by atoms with Crippen molar-refractivity contribution in [3.05, 3.63) is 120 Å². The van der Waals surface area contributed by atoms with Gasteiger partial charge in [0.05, 0.1) is 12.9 Å². The highest BCUT2D eigenvalue weighted by Crippen LogP contribution is 2.45. The fourth-order valence-electron chi connectivity index (χ4n) is 4.35. The maximum absolute atomic E-state index is 12.9. The lowest BCUT2D eigenvalue weighted by molar-refractivity contribution is -0.144. The van der Waals surface area contributed by atoms with Crippen LogP contribution in [0.2, 0.25) is 0 Å². The number of fused-ring (bicyclic) bond motifs is 1. The van der Waals surface area contributed by atoms with Gasteiger partial charge in [-0.15, -0.1) is 0 Å². The summed E-state index contributed by atoms with van der Waals surface area (Å²) in [5.74, 6) is 0.280. The van der Waals surface area contributed by atoms with Gasteiger partial charge in [0.1, 0.15) is 17.5 Å². The monoisotopic (exact) mass is 483 g/mol. The molecule has 0 spiro atoms. The zero-order valence-corrected chi connectivity index (χ0v) is 20.3. The second-order valence-corrected chi connectivity index (χ2v) is 9.32. The van der Waals surface area contributed by atoms with Crippen LogP contribution in [0.3, 0.4) is 0 Å². The molecule has 2 atom stereocenters. The second-order valence-electron chi connectivity index (χ2n) is 9.32. The lowest BCUT2D eigenvalue weighted by Crippen LogP contribution is -2.51. The summed E-state index contributed by atoms with van der Waals surface area (Å²) in [6.45, 7) is 4.84. The first kappa shape index (κ1) is 23.7. The Morgan fingerprint density at radius 2 is 1.64 bits per heavy atom. The minimum absolute atomic E-state index is 0.136. The van der Waals surface area contributed by atoms with Gasteiger partial charge in [-0.25, -0.2) is 4.79 Å². The summed E-state index contributed by atoms with van der Waals surface area (Å²) in [7, 11) is 0. The van der Waals surface area contributed by atoms with Crippen molar-refractivity contribution in [2.45, 2.75) is 44.8 Å². The van der Waals surface area contributed by atoms with Gasteiger partial charge in [0, 0.05) is 17.8 Å². The normalized spacial score (nSPS) is 18.1. The zero-order chi connectivity index (χ0) is 25.0. The fourth-order valence-corrected chi connectivity index (χ4v) is 4.35. The molecule has 1 N–H and O–H groups in total. The van der Waals surface area contributed by atoms with E-state index in [1.165, 1.54) is 11.8 Å². The molecule has 0 fully saturated rings. The highest BCUT2D eigenvalue weighted by molar-refractivity contribution is 5.86. The summed E-state index contributed by atoms with van der Waals surface area (Å²) in [5.41, 5.74) is 3.11. The number of ether oxygens (including phenoxy) is 3. The molecule has 0 saturated carbocycles. The van der Waals surface area contributed by atoms with Gasteiger partial charge in [0.2, 0.25) is 5.76 Å². The standard InChI is InChI=1S/C30H29NO5/c1-30(2)28(35-29(32)26-14-9-17-33-26)27(34-20-22-12-7-4-8-13-22)24-18-23(15-16-25(24)36-30)31-19-21-10-5-3-6-11-21/h3-18,27-28,31H,19-20H2,1-2H3. The van der Waals surface area contributed by atoms with E-state index in [1.54, 1.807) is 12.1 Å². The van der Waals surface area contributed by atoms with Crippen LogP contribution in [0.5, 0.6) is 5.75 Å². The van der Waals surface area contributed by atoms with Crippen LogP contribution in [0.1, 0.15) is 47.2 Å². The van der Waals surface area contributed by atoms with E-state index in [2.05, 4.69) is 17.4 Å². The van der Waals surface area contributed by atoms with Crippen LogP contribution in [-0.4, -0.2) is 17.7 Å². The van der Waals surface area contributed by atoms with Crippen molar-refractivity contribution in [1.82, 2.24) is 0 Å². The summed E-state index contributed by atoms with van der Waals surface area (Å²) < 4.78 is 24.0. The SMILES string of the molecule is CC1(C)Oc2ccc(NCc3ccccc3)cc2C(OCc2ccccc2)C1OC(=O)c1ccco1. The molecule has 0 radical (unpaired) electrons. The van der Waals surface area contributed by atoms with Gasteiger partial charge in [0.15, 0.2) is 6.10 Å². The number of nitrogens with one attached hydrogen (secondary N) is 1. The molecule has 6 nitrogen and oxygen atoms in total. The Kier molecular flexibility index (Phi) is 6.78. The van der Waals surface area contributed by atoms with Crippen LogP contribution in [-0.2, 0) is 22.6 Å². The molecule has 3 aromatic carbocycles. The van der Waals surface area contributed by atoms with Crippen molar-refractivity contribution in [1.29, 1.82) is 0 Å². The van der Waals surface area contributed by atoms with Gasteiger partial charge < -0.3 is 23.9 Å². The predicted molar refractivity (Wildman–Crippen MR) is 137 cm³/mol. The minimum atomic E-state index is -0.838. The Bertz CT molecular complexity index is 1290. The summed E-state index contributed by atoms with van der Waals surface area (Å²) >= 11 is 0. The van der Waals surface area contributed by atoms with Crippen molar-refractivity contribution in [3.63, 3.8) is 0 Å². The van der Waals surface area contributed by atoms with Crippen molar-refractivity contribution >= 4 is 11.7 Å². The quantitative estimate of drug-likeness (QED) is 0.287. The Labute approximate surface area is 210 Å². The zero-order valence-electron chi connectivity index (χ0n) is 20.3. The highest BCUT2D eigenvalue weighted by Gasteiger charge is 2.48. The van der Waals surface area contributed by atoms with E-state index < -0.39 is 23.8 Å². The van der Waals surface area contributed by atoms with E-state index in [0.717, 1.165) is 16.8 Å². The first-order valence-corrected chi connectivity index (χ1v) is 12.0. The Hall–Kier alpha value is -4.03. The van der Waals surface area contributed by atoms with Gasteiger partial charge in [-0.2, -0.15) is 0 Å². The predicted octanol–water partition coefficient (Wildman–Crippen LogP) is 6.55. The van der Waals surface area contributed by atoms with E-state index in [9.17, 15) is 4.79 Å². The maximum atomic E-state index is 12.9. The second kappa shape index (κ2) is 10.3. The minimum Gasteiger partial charge on any atom is -0.483 e. The summed E-state index contributed by atoms with van der Waals surface area (Å²) in [5, 5.41) is 3.47. The number of furan rings is 1. The Balaban J connectivity index is 1.45. The number of hydrogen-bond acceptors (Lipinski definition) is 6. The van der Waals surface area contributed by atoms with Crippen molar-refractivity contribution in [2.24, 2.45) is 0 Å².